The topological polar surface area (TPSA) is 46.2 Å². The minimum atomic E-state index is -3.05. The Labute approximate surface area is 102 Å². The van der Waals surface area contributed by atoms with Crippen LogP contribution in [0.15, 0.2) is 18.2 Å². The van der Waals surface area contributed by atoms with Gasteiger partial charge in [-0.15, -0.1) is 0 Å². The van der Waals surface area contributed by atoms with Gasteiger partial charge in [0.2, 0.25) is 0 Å². The summed E-state index contributed by atoms with van der Waals surface area (Å²) in [6.07, 6.45) is 0. The molecule has 0 aromatic heterocycles. The summed E-state index contributed by atoms with van der Waals surface area (Å²) < 4.78 is 36.3. The summed E-state index contributed by atoms with van der Waals surface area (Å²) in [5, 5.41) is 2.57. The molecule has 17 heavy (non-hydrogen) atoms. The van der Waals surface area contributed by atoms with Gasteiger partial charge in [-0.2, -0.15) is 0 Å². The molecule has 1 aromatic rings. The van der Waals surface area contributed by atoms with E-state index in [9.17, 15) is 12.8 Å². The van der Waals surface area contributed by atoms with Crippen molar-refractivity contribution < 1.29 is 12.8 Å². The molecule has 0 bridgehead atoms. The molecule has 0 radical (unpaired) electrons. The number of rotatable bonds is 5. The summed E-state index contributed by atoms with van der Waals surface area (Å²) in [7, 11) is -3.05. The Morgan fingerprint density at radius 3 is 2.59 bits per heavy atom. The van der Waals surface area contributed by atoms with Crippen molar-refractivity contribution in [3.63, 3.8) is 0 Å². The van der Waals surface area contributed by atoms with E-state index in [2.05, 4.69) is 5.32 Å². The Morgan fingerprint density at radius 1 is 1.35 bits per heavy atom. The van der Waals surface area contributed by atoms with Gasteiger partial charge >= 0.3 is 0 Å². The lowest BCUT2D eigenvalue weighted by Gasteiger charge is -2.11. The van der Waals surface area contributed by atoms with Crippen molar-refractivity contribution in [2.75, 3.05) is 17.6 Å². The minimum Gasteiger partial charge on any atom is -0.384 e. The number of halogens is 1. The van der Waals surface area contributed by atoms with Gasteiger partial charge in [0.1, 0.15) is 5.82 Å². The fraction of sp³-hybridized carbons (Fsp3) is 0.500. The lowest BCUT2D eigenvalue weighted by molar-refractivity contribution is 0.588. The second-order valence-electron chi connectivity index (χ2n) is 4.25. The van der Waals surface area contributed by atoms with Gasteiger partial charge in [-0.1, -0.05) is 6.07 Å². The number of benzene rings is 1. The highest BCUT2D eigenvalue weighted by Gasteiger charge is 2.15. The van der Waals surface area contributed by atoms with Crippen molar-refractivity contribution in [3.8, 4) is 0 Å². The zero-order valence-corrected chi connectivity index (χ0v) is 11.1. The fourth-order valence-electron chi connectivity index (χ4n) is 1.36. The number of hydrogen-bond donors (Lipinski definition) is 1. The van der Waals surface area contributed by atoms with Crippen LogP contribution in [0.5, 0.6) is 0 Å². The zero-order chi connectivity index (χ0) is 13.1. The standard InChI is InChI=1S/C12H18FNO2S/c1-9(2)17(15,16)8-7-14-12-6-4-5-11(13)10(12)3/h4-6,9,14H,7-8H2,1-3H3. The third kappa shape index (κ3) is 3.70. The summed E-state index contributed by atoms with van der Waals surface area (Å²) >= 11 is 0. The van der Waals surface area contributed by atoms with E-state index >= 15 is 0 Å². The lowest BCUT2D eigenvalue weighted by Crippen LogP contribution is -2.23. The molecule has 0 aliphatic heterocycles. The molecule has 0 amide bonds. The zero-order valence-electron chi connectivity index (χ0n) is 10.3. The molecule has 0 spiro atoms. The van der Waals surface area contributed by atoms with E-state index in [1.54, 1.807) is 32.9 Å². The summed E-state index contributed by atoms with van der Waals surface area (Å²) in [5.74, 6) is -0.234. The first-order valence-corrected chi connectivity index (χ1v) is 7.26. The first-order valence-electron chi connectivity index (χ1n) is 5.55. The summed E-state index contributed by atoms with van der Waals surface area (Å²) in [5.41, 5.74) is 1.15. The van der Waals surface area contributed by atoms with Crippen molar-refractivity contribution in [3.05, 3.63) is 29.6 Å². The Kier molecular flexibility index (Phi) is 4.51. The smallest absolute Gasteiger partial charge is 0.154 e. The second-order valence-corrected chi connectivity index (χ2v) is 6.93. The SMILES string of the molecule is Cc1c(F)cccc1NCCS(=O)(=O)C(C)C. The molecule has 0 heterocycles. The van der Waals surface area contributed by atoms with Crippen LogP contribution >= 0.6 is 0 Å². The highest BCUT2D eigenvalue weighted by Crippen LogP contribution is 2.17. The Morgan fingerprint density at radius 2 is 2.00 bits per heavy atom. The second kappa shape index (κ2) is 5.49. The predicted molar refractivity (Wildman–Crippen MR) is 68.5 cm³/mol. The number of sulfone groups is 1. The molecule has 0 unspecified atom stereocenters. The predicted octanol–water partition coefficient (Wildman–Crippen LogP) is 2.37. The Bertz CT molecular complexity index is 483. The van der Waals surface area contributed by atoms with Crippen LogP contribution in [-0.2, 0) is 9.84 Å². The van der Waals surface area contributed by atoms with Gasteiger partial charge in [-0.05, 0) is 32.9 Å². The van der Waals surface area contributed by atoms with Gasteiger partial charge < -0.3 is 5.32 Å². The van der Waals surface area contributed by atoms with E-state index in [0.717, 1.165) is 0 Å². The average Bonchev–Trinajstić information content (AvgIpc) is 2.24. The van der Waals surface area contributed by atoms with Crippen LogP contribution in [0.3, 0.4) is 0 Å². The highest BCUT2D eigenvalue weighted by molar-refractivity contribution is 7.92. The van der Waals surface area contributed by atoms with Gasteiger partial charge in [-0.25, -0.2) is 12.8 Å². The van der Waals surface area contributed by atoms with E-state index in [-0.39, 0.29) is 16.8 Å². The van der Waals surface area contributed by atoms with E-state index in [1.165, 1.54) is 6.07 Å². The van der Waals surface area contributed by atoms with Gasteiger partial charge in [0.05, 0.1) is 11.0 Å². The molecular formula is C12H18FNO2S. The molecule has 1 aromatic carbocycles. The van der Waals surface area contributed by atoms with Gasteiger partial charge in [0, 0.05) is 17.8 Å². The third-order valence-corrected chi connectivity index (χ3v) is 4.90. The van der Waals surface area contributed by atoms with Crippen molar-refractivity contribution >= 4 is 15.5 Å². The molecule has 1 rings (SSSR count). The van der Waals surface area contributed by atoms with Crippen LogP contribution in [0.2, 0.25) is 0 Å². The summed E-state index contributed by atoms with van der Waals surface area (Å²) in [4.78, 5) is 0. The first kappa shape index (κ1) is 14.0. The van der Waals surface area contributed by atoms with Crippen LogP contribution in [-0.4, -0.2) is 26.0 Å². The molecule has 0 atom stereocenters. The van der Waals surface area contributed by atoms with Crippen molar-refractivity contribution in [2.45, 2.75) is 26.0 Å². The van der Waals surface area contributed by atoms with Crippen molar-refractivity contribution in [1.82, 2.24) is 0 Å². The van der Waals surface area contributed by atoms with Crippen LogP contribution in [0.4, 0.5) is 10.1 Å². The fourth-order valence-corrected chi connectivity index (χ4v) is 2.22. The van der Waals surface area contributed by atoms with E-state index in [0.29, 0.717) is 17.8 Å². The molecular weight excluding hydrogens is 241 g/mol. The van der Waals surface area contributed by atoms with Gasteiger partial charge in [0.15, 0.2) is 9.84 Å². The normalized spacial score (nSPS) is 11.8. The highest BCUT2D eigenvalue weighted by atomic mass is 32.2. The molecule has 5 heteroatoms. The Hall–Kier alpha value is -1.10. The number of hydrogen-bond acceptors (Lipinski definition) is 3. The number of anilines is 1. The molecule has 1 N–H and O–H groups in total. The van der Waals surface area contributed by atoms with E-state index in [4.69, 9.17) is 0 Å². The molecule has 0 saturated heterocycles. The minimum absolute atomic E-state index is 0.0562. The quantitative estimate of drug-likeness (QED) is 0.883. The van der Waals surface area contributed by atoms with Crippen molar-refractivity contribution in [1.29, 1.82) is 0 Å². The molecule has 3 nitrogen and oxygen atoms in total. The van der Waals surface area contributed by atoms with Gasteiger partial charge in [0.25, 0.3) is 0 Å². The van der Waals surface area contributed by atoms with Crippen LogP contribution in [0, 0.1) is 12.7 Å². The van der Waals surface area contributed by atoms with E-state index < -0.39 is 9.84 Å². The first-order chi connectivity index (χ1) is 7.84. The lowest BCUT2D eigenvalue weighted by atomic mass is 10.2. The molecule has 0 fully saturated rings. The number of nitrogens with one attached hydrogen (secondary N) is 1. The average molecular weight is 259 g/mol. The Balaban J connectivity index is 2.61. The van der Waals surface area contributed by atoms with Crippen LogP contribution < -0.4 is 5.32 Å². The molecule has 0 aliphatic carbocycles. The van der Waals surface area contributed by atoms with Crippen molar-refractivity contribution in [2.24, 2.45) is 0 Å². The largest absolute Gasteiger partial charge is 0.384 e. The summed E-state index contributed by atoms with van der Waals surface area (Å²) in [6, 6.07) is 4.72. The monoisotopic (exact) mass is 259 g/mol. The van der Waals surface area contributed by atoms with Crippen LogP contribution in [0.25, 0.3) is 0 Å². The summed E-state index contributed by atoms with van der Waals surface area (Å²) in [6.45, 7) is 5.27. The molecule has 96 valence electrons. The molecule has 0 saturated carbocycles. The molecule has 0 aliphatic rings. The maximum atomic E-state index is 13.2. The maximum absolute atomic E-state index is 13.2. The van der Waals surface area contributed by atoms with Crippen LogP contribution in [0.1, 0.15) is 19.4 Å². The van der Waals surface area contributed by atoms with Gasteiger partial charge in [-0.3, -0.25) is 0 Å². The maximum Gasteiger partial charge on any atom is 0.154 e. The van der Waals surface area contributed by atoms with E-state index in [1.807, 2.05) is 0 Å². The third-order valence-electron chi connectivity index (χ3n) is 2.69.